The second-order valence-electron chi connectivity index (χ2n) is 5.71. The SMILES string of the molecule is CNC(Cc1cncs1)C(C)(C)N1CCCCC1. The zero-order chi connectivity index (χ0) is 13.0. The molecule has 0 spiro atoms. The van der Waals surface area contributed by atoms with E-state index in [4.69, 9.17) is 0 Å². The zero-order valence-electron chi connectivity index (χ0n) is 11.8. The molecule has 1 aliphatic heterocycles. The molecule has 1 atom stereocenters. The van der Waals surface area contributed by atoms with Crippen molar-refractivity contribution in [2.45, 2.75) is 51.1 Å². The predicted molar refractivity (Wildman–Crippen MR) is 78.2 cm³/mol. The van der Waals surface area contributed by atoms with Crippen LogP contribution < -0.4 is 5.32 Å². The van der Waals surface area contributed by atoms with E-state index in [-0.39, 0.29) is 5.54 Å². The Kier molecular flexibility index (Phi) is 4.76. The molecule has 1 aromatic rings. The van der Waals surface area contributed by atoms with Gasteiger partial charge in [-0.1, -0.05) is 6.42 Å². The van der Waals surface area contributed by atoms with Crippen molar-refractivity contribution >= 4 is 11.3 Å². The lowest BCUT2D eigenvalue weighted by Gasteiger charge is -2.46. The van der Waals surface area contributed by atoms with Crippen LogP contribution in [0.4, 0.5) is 0 Å². The van der Waals surface area contributed by atoms with Gasteiger partial charge in [0.15, 0.2) is 0 Å². The number of piperidine rings is 1. The minimum Gasteiger partial charge on any atom is -0.315 e. The van der Waals surface area contributed by atoms with Crippen LogP contribution in [0.1, 0.15) is 38.0 Å². The Balaban J connectivity index is 2.04. The van der Waals surface area contributed by atoms with E-state index >= 15 is 0 Å². The van der Waals surface area contributed by atoms with Gasteiger partial charge in [0.25, 0.3) is 0 Å². The van der Waals surface area contributed by atoms with Crippen LogP contribution in [-0.2, 0) is 6.42 Å². The average molecular weight is 267 g/mol. The van der Waals surface area contributed by atoms with E-state index in [0.29, 0.717) is 6.04 Å². The summed E-state index contributed by atoms with van der Waals surface area (Å²) in [5.41, 5.74) is 2.13. The van der Waals surface area contributed by atoms with Gasteiger partial charge >= 0.3 is 0 Å². The molecule has 2 heterocycles. The molecule has 3 nitrogen and oxygen atoms in total. The number of aromatic nitrogens is 1. The Bertz CT molecular complexity index is 342. The predicted octanol–water partition coefficient (Wildman–Crippen LogP) is 2.54. The van der Waals surface area contributed by atoms with Gasteiger partial charge in [-0.25, -0.2) is 0 Å². The van der Waals surface area contributed by atoms with Gasteiger partial charge in [-0.15, -0.1) is 11.3 Å². The summed E-state index contributed by atoms with van der Waals surface area (Å²) >= 11 is 1.76. The van der Waals surface area contributed by atoms with E-state index in [1.165, 1.54) is 37.2 Å². The zero-order valence-corrected chi connectivity index (χ0v) is 12.6. The molecule has 4 heteroatoms. The Morgan fingerprint density at radius 1 is 1.39 bits per heavy atom. The van der Waals surface area contributed by atoms with Crippen molar-refractivity contribution in [3.8, 4) is 0 Å². The summed E-state index contributed by atoms with van der Waals surface area (Å²) < 4.78 is 0. The van der Waals surface area contributed by atoms with E-state index < -0.39 is 0 Å². The van der Waals surface area contributed by atoms with Crippen molar-refractivity contribution in [2.24, 2.45) is 0 Å². The fraction of sp³-hybridized carbons (Fsp3) is 0.786. The summed E-state index contributed by atoms with van der Waals surface area (Å²) in [6, 6.07) is 0.482. The molecular weight excluding hydrogens is 242 g/mol. The first-order chi connectivity index (χ1) is 8.64. The number of hydrogen-bond donors (Lipinski definition) is 1. The highest BCUT2D eigenvalue weighted by Gasteiger charge is 2.35. The van der Waals surface area contributed by atoms with Crippen LogP contribution in [0.3, 0.4) is 0 Å². The Hall–Kier alpha value is -0.450. The lowest BCUT2D eigenvalue weighted by molar-refractivity contribution is 0.0638. The van der Waals surface area contributed by atoms with Crippen LogP contribution in [-0.4, -0.2) is 41.6 Å². The first kappa shape index (κ1) is 14.0. The molecular formula is C14H25N3S. The van der Waals surface area contributed by atoms with Crippen molar-refractivity contribution in [3.05, 3.63) is 16.6 Å². The van der Waals surface area contributed by atoms with Gasteiger partial charge in [-0.05, 0) is 46.8 Å². The topological polar surface area (TPSA) is 28.2 Å². The third-order valence-corrected chi connectivity index (χ3v) is 5.06. The third-order valence-electron chi connectivity index (χ3n) is 4.26. The van der Waals surface area contributed by atoms with Gasteiger partial charge in [-0.2, -0.15) is 0 Å². The molecule has 1 unspecified atom stereocenters. The van der Waals surface area contributed by atoms with Crippen molar-refractivity contribution in [3.63, 3.8) is 0 Å². The highest BCUT2D eigenvalue weighted by atomic mass is 32.1. The van der Waals surface area contributed by atoms with Gasteiger partial charge in [0.2, 0.25) is 0 Å². The highest BCUT2D eigenvalue weighted by Crippen LogP contribution is 2.26. The average Bonchev–Trinajstić information content (AvgIpc) is 2.89. The number of nitrogens with zero attached hydrogens (tertiary/aromatic N) is 2. The standard InChI is InChI=1S/C14H25N3S/c1-14(2,17-7-5-4-6-8-17)13(15-3)9-12-10-16-11-18-12/h10-11,13,15H,4-9H2,1-3H3. The molecule has 0 bridgehead atoms. The molecule has 0 radical (unpaired) electrons. The fourth-order valence-corrected chi connectivity index (χ4v) is 3.58. The second kappa shape index (κ2) is 6.13. The Morgan fingerprint density at radius 3 is 2.67 bits per heavy atom. The molecule has 0 aromatic carbocycles. The molecule has 0 saturated carbocycles. The number of thiazole rings is 1. The van der Waals surface area contributed by atoms with E-state index in [1.54, 1.807) is 11.3 Å². The molecule has 2 rings (SSSR count). The molecule has 0 aliphatic carbocycles. The van der Waals surface area contributed by atoms with Gasteiger partial charge in [0.1, 0.15) is 0 Å². The van der Waals surface area contributed by atoms with Crippen LogP contribution in [0, 0.1) is 0 Å². The monoisotopic (exact) mass is 267 g/mol. The van der Waals surface area contributed by atoms with Crippen LogP contribution in [0.15, 0.2) is 11.7 Å². The molecule has 102 valence electrons. The first-order valence-corrected chi connectivity index (χ1v) is 7.82. The van der Waals surface area contributed by atoms with Crippen LogP contribution in [0.2, 0.25) is 0 Å². The van der Waals surface area contributed by atoms with Crippen molar-refractivity contribution < 1.29 is 0 Å². The van der Waals surface area contributed by atoms with Crippen LogP contribution >= 0.6 is 11.3 Å². The van der Waals surface area contributed by atoms with Gasteiger partial charge in [-0.3, -0.25) is 9.88 Å². The Labute approximate surface area is 115 Å². The summed E-state index contributed by atoms with van der Waals surface area (Å²) in [6.07, 6.45) is 7.17. The largest absolute Gasteiger partial charge is 0.315 e. The molecule has 0 amide bonds. The van der Waals surface area contributed by atoms with Crippen molar-refractivity contribution in [1.82, 2.24) is 15.2 Å². The number of hydrogen-bond acceptors (Lipinski definition) is 4. The summed E-state index contributed by atoms with van der Waals surface area (Å²) in [5.74, 6) is 0. The lowest BCUT2D eigenvalue weighted by Crippen LogP contribution is -2.59. The first-order valence-electron chi connectivity index (χ1n) is 6.94. The number of nitrogens with one attached hydrogen (secondary N) is 1. The maximum absolute atomic E-state index is 4.18. The Morgan fingerprint density at radius 2 is 2.11 bits per heavy atom. The molecule has 1 fully saturated rings. The minimum absolute atomic E-state index is 0.208. The van der Waals surface area contributed by atoms with Gasteiger partial charge < -0.3 is 5.32 Å². The molecule has 1 saturated heterocycles. The van der Waals surface area contributed by atoms with Crippen molar-refractivity contribution in [2.75, 3.05) is 20.1 Å². The normalized spacial score (nSPS) is 19.9. The van der Waals surface area contributed by atoms with E-state index in [2.05, 4.69) is 36.1 Å². The quantitative estimate of drug-likeness (QED) is 0.888. The molecule has 1 N–H and O–H groups in total. The van der Waals surface area contributed by atoms with Crippen LogP contribution in [0.5, 0.6) is 0 Å². The van der Waals surface area contributed by atoms with E-state index in [9.17, 15) is 0 Å². The minimum atomic E-state index is 0.208. The van der Waals surface area contributed by atoms with Gasteiger partial charge in [0, 0.05) is 29.1 Å². The molecule has 1 aromatic heterocycles. The highest BCUT2D eigenvalue weighted by molar-refractivity contribution is 7.09. The summed E-state index contributed by atoms with van der Waals surface area (Å²) in [6.45, 7) is 7.24. The summed E-state index contributed by atoms with van der Waals surface area (Å²) in [5, 5.41) is 3.52. The maximum Gasteiger partial charge on any atom is 0.0794 e. The number of rotatable bonds is 5. The second-order valence-corrected chi connectivity index (χ2v) is 6.69. The molecule has 18 heavy (non-hydrogen) atoms. The number of likely N-dealkylation sites (tertiary alicyclic amines) is 1. The van der Waals surface area contributed by atoms with Crippen molar-refractivity contribution in [1.29, 1.82) is 0 Å². The van der Waals surface area contributed by atoms with Crippen LogP contribution in [0.25, 0.3) is 0 Å². The summed E-state index contributed by atoms with van der Waals surface area (Å²) in [7, 11) is 2.08. The van der Waals surface area contributed by atoms with Gasteiger partial charge in [0.05, 0.1) is 5.51 Å². The lowest BCUT2D eigenvalue weighted by atomic mass is 9.88. The molecule has 1 aliphatic rings. The number of likely N-dealkylation sites (N-methyl/N-ethyl adjacent to an activating group) is 1. The van der Waals surface area contributed by atoms with E-state index in [0.717, 1.165) is 6.42 Å². The third kappa shape index (κ3) is 3.11. The summed E-state index contributed by atoms with van der Waals surface area (Å²) in [4.78, 5) is 8.21. The maximum atomic E-state index is 4.18. The smallest absolute Gasteiger partial charge is 0.0794 e. The van der Waals surface area contributed by atoms with E-state index in [1.807, 2.05) is 11.7 Å². The fourth-order valence-electron chi connectivity index (χ4n) is 2.94.